The van der Waals surface area contributed by atoms with Gasteiger partial charge in [0.25, 0.3) is 0 Å². The van der Waals surface area contributed by atoms with Crippen LogP contribution in [0.5, 0.6) is 0 Å². The fourth-order valence-electron chi connectivity index (χ4n) is 3.21. The Balaban J connectivity index is 1.61. The normalized spacial score (nSPS) is 17.2. The molecule has 6 heteroatoms. The summed E-state index contributed by atoms with van der Waals surface area (Å²) in [5, 5.41) is 0.632. The number of aromatic nitrogens is 1. The molecule has 2 heterocycles. The number of thioether (sulfide) groups is 1. The van der Waals surface area contributed by atoms with Crippen molar-refractivity contribution >= 4 is 35.1 Å². The van der Waals surface area contributed by atoms with Crippen LogP contribution in [0.4, 0.5) is 0 Å². The molecule has 1 amide bonds. The number of piperidine rings is 1. The van der Waals surface area contributed by atoms with Crippen molar-refractivity contribution in [2.45, 2.75) is 24.7 Å². The summed E-state index contributed by atoms with van der Waals surface area (Å²) in [4.78, 5) is 32.3. The van der Waals surface area contributed by atoms with Crippen LogP contribution in [0.1, 0.15) is 28.8 Å². The number of carbonyl (C=O) groups is 2. The zero-order valence-corrected chi connectivity index (χ0v) is 16.2. The molecule has 0 unspecified atom stereocenters. The van der Waals surface area contributed by atoms with Gasteiger partial charge in [-0.05, 0) is 55.7 Å². The van der Waals surface area contributed by atoms with E-state index in [0.717, 1.165) is 29.8 Å². The van der Waals surface area contributed by atoms with Gasteiger partial charge < -0.3 is 4.90 Å². The third kappa shape index (κ3) is 4.65. The minimum atomic E-state index is -0.140. The second-order valence-electron chi connectivity index (χ2n) is 6.47. The van der Waals surface area contributed by atoms with Crippen molar-refractivity contribution in [1.29, 1.82) is 0 Å². The highest BCUT2D eigenvalue weighted by Crippen LogP contribution is 2.25. The van der Waals surface area contributed by atoms with Gasteiger partial charge in [0.05, 0.1) is 5.75 Å². The molecule has 0 N–H and O–H groups in total. The Morgan fingerprint density at radius 2 is 2.04 bits per heavy atom. The highest BCUT2D eigenvalue weighted by Gasteiger charge is 2.29. The second-order valence-corrected chi connectivity index (χ2v) is 7.96. The fourth-order valence-corrected chi connectivity index (χ4v) is 4.23. The lowest BCUT2D eigenvalue weighted by Crippen LogP contribution is -2.43. The molecule has 0 aliphatic carbocycles. The lowest BCUT2D eigenvalue weighted by Gasteiger charge is -2.32. The van der Waals surface area contributed by atoms with E-state index in [1.54, 1.807) is 24.5 Å². The zero-order chi connectivity index (χ0) is 18.5. The number of carbonyl (C=O) groups excluding carboxylic acids is 2. The summed E-state index contributed by atoms with van der Waals surface area (Å²) >= 11 is 7.49. The van der Waals surface area contributed by atoms with Gasteiger partial charge in [-0.3, -0.25) is 14.6 Å². The zero-order valence-electron chi connectivity index (χ0n) is 14.7. The van der Waals surface area contributed by atoms with Crippen LogP contribution in [0.25, 0.3) is 0 Å². The van der Waals surface area contributed by atoms with Crippen molar-refractivity contribution in [2.75, 3.05) is 18.8 Å². The first-order valence-electron chi connectivity index (χ1n) is 8.65. The van der Waals surface area contributed by atoms with Gasteiger partial charge in [0, 0.05) is 46.9 Å². The maximum atomic E-state index is 12.9. The summed E-state index contributed by atoms with van der Waals surface area (Å²) < 4.78 is 0. The molecule has 136 valence electrons. The quantitative estimate of drug-likeness (QED) is 0.567. The molecule has 3 rings (SSSR count). The molecule has 2 aromatic rings. The van der Waals surface area contributed by atoms with E-state index < -0.39 is 0 Å². The molecule has 4 nitrogen and oxygen atoms in total. The summed E-state index contributed by atoms with van der Waals surface area (Å²) in [6, 6.07) is 9.14. The molecule has 26 heavy (non-hydrogen) atoms. The van der Waals surface area contributed by atoms with Crippen molar-refractivity contribution in [3.05, 3.63) is 58.9 Å². The van der Waals surface area contributed by atoms with E-state index >= 15 is 0 Å². The first kappa shape index (κ1) is 18.9. The first-order valence-corrected chi connectivity index (χ1v) is 10.0. The number of likely N-dealkylation sites (tertiary alicyclic amines) is 1. The molecule has 0 spiro atoms. The van der Waals surface area contributed by atoms with E-state index in [0.29, 0.717) is 22.9 Å². The van der Waals surface area contributed by atoms with Gasteiger partial charge in [-0.25, -0.2) is 0 Å². The van der Waals surface area contributed by atoms with Gasteiger partial charge in [-0.1, -0.05) is 11.6 Å². The molecule has 0 radical (unpaired) electrons. The van der Waals surface area contributed by atoms with Gasteiger partial charge in [0.2, 0.25) is 5.91 Å². The Morgan fingerprint density at radius 1 is 1.27 bits per heavy atom. The number of benzene rings is 1. The second kappa shape index (κ2) is 8.69. The van der Waals surface area contributed by atoms with E-state index in [2.05, 4.69) is 4.98 Å². The summed E-state index contributed by atoms with van der Waals surface area (Å²) in [5.74, 6) is 0.430. The van der Waals surface area contributed by atoms with Crippen molar-refractivity contribution in [2.24, 2.45) is 5.92 Å². The molecular formula is C20H21ClN2O2S. The van der Waals surface area contributed by atoms with Crippen LogP contribution >= 0.6 is 23.4 Å². The number of hydrogen-bond acceptors (Lipinski definition) is 4. The maximum absolute atomic E-state index is 12.9. The van der Waals surface area contributed by atoms with Crippen LogP contribution < -0.4 is 0 Å². The topological polar surface area (TPSA) is 50.3 Å². The van der Waals surface area contributed by atoms with Crippen LogP contribution in [-0.2, 0) is 4.79 Å². The van der Waals surface area contributed by atoms with Gasteiger partial charge >= 0.3 is 0 Å². The largest absolute Gasteiger partial charge is 0.341 e. The number of rotatable bonds is 5. The summed E-state index contributed by atoms with van der Waals surface area (Å²) in [7, 11) is 0. The smallest absolute Gasteiger partial charge is 0.232 e. The number of halogens is 1. The third-order valence-electron chi connectivity index (χ3n) is 4.61. The monoisotopic (exact) mass is 388 g/mol. The molecule has 1 aromatic heterocycles. The van der Waals surface area contributed by atoms with E-state index in [-0.39, 0.29) is 17.6 Å². The van der Waals surface area contributed by atoms with E-state index in [1.807, 2.05) is 30.0 Å². The van der Waals surface area contributed by atoms with Crippen LogP contribution in [0.3, 0.4) is 0 Å². The van der Waals surface area contributed by atoms with Gasteiger partial charge in [0.15, 0.2) is 5.78 Å². The van der Waals surface area contributed by atoms with E-state index in [9.17, 15) is 9.59 Å². The van der Waals surface area contributed by atoms with Crippen LogP contribution in [0.2, 0.25) is 5.02 Å². The SMILES string of the molecule is Cc1cc(Cl)ccc1C(=O)[C@H]1CCCN(C(=O)CSc2ccncc2)C1. The molecule has 0 bridgehead atoms. The molecule has 1 atom stereocenters. The number of pyridine rings is 1. The number of hydrogen-bond donors (Lipinski definition) is 0. The average molecular weight is 389 g/mol. The van der Waals surface area contributed by atoms with Crippen LogP contribution in [-0.4, -0.2) is 40.4 Å². The number of aryl methyl sites for hydroxylation is 1. The highest BCUT2D eigenvalue weighted by molar-refractivity contribution is 8.00. The maximum Gasteiger partial charge on any atom is 0.232 e. The van der Waals surface area contributed by atoms with Crippen molar-refractivity contribution in [3.63, 3.8) is 0 Å². The molecule has 1 saturated heterocycles. The number of ketones is 1. The molecule has 1 aliphatic heterocycles. The van der Waals surface area contributed by atoms with Crippen molar-refractivity contribution in [3.8, 4) is 0 Å². The van der Waals surface area contributed by atoms with Crippen molar-refractivity contribution < 1.29 is 9.59 Å². The molecule has 0 saturated carbocycles. The summed E-state index contributed by atoms with van der Waals surface area (Å²) in [6.07, 6.45) is 5.12. The molecular weight excluding hydrogens is 368 g/mol. The summed E-state index contributed by atoms with van der Waals surface area (Å²) in [6.45, 7) is 3.12. The minimum Gasteiger partial charge on any atom is -0.341 e. The highest BCUT2D eigenvalue weighted by atomic mass is 35.5. The third-order valence-corrected chi connectivity index (χ3v) is 5.84. The van der Waals surface area contributed by atoms with Gasteiger partial charge in [-0.2, -0.15) is 0 Å². The predicted octanol–water partition coefficient (Wildman–Crippen LogP) is 4.26. The minimum absolute atomic E-state index is 0.0807. The Morgan fingerprint density at radius 3 is 2.77 bits per heavy atom. The number of Topliss-reactive ketones (excluding diaryl/α,β-unsaturated/α-hetero) is 1. The van der Waals surface area contributed by atoms with E-state index in [4.69, 9.17) is 11.6 Å². The van der Waals surface area contributed by atoms with Gasteiger partial charge in [-0.15, -0.1) is 11.8 Å². The molecule has 1 aromatic carbocycles. The lowest BCUT2D eigenvalue weighted by molar-refractivity contribution is -0.129. The Bertz CT molecular complexity index is 798. The van der Waals surface area contributed by atoms with E-state index in [1.165, 1.54) is 11.8 Å². The average Bonchev–Trinajstić information content (AvgIpc) is 2.66. The lowest BCUT2D eigenvalue weighted by atomic mass is 9.88. The van der Waals surface area contributed by atoms with Crippen LogP contribution in [0, 0.1) is 12.8 Å². The molecule has 1 fully saturated rings. The Kier molecular flexibility index (Phi) is 6.33. The summed E-state index contributed by atoms with van der Waals surface area (Å²) in [5.41, 5.74) is 1.60. The van der Waals surface area contributed by atoms with Crippen molar-refractivity contribution in [1.82, 2.24) is 9.88 Å². The predicted molar refractivity (Wildman–Crippen MR) is 105 cm³/mol. The Hall–Kier alpha value is -1.85. The standard InChI is InChI=1S/C20H21ClN2O2S/c1-14-11-16(21)4-5-18(14)20(25)15-3-2-10-23(12-15)19(24)13-26-17-6-8-22-9-7-17/h4-9,11,15H,2-3,10,12-13H2,1H3/t15-/m0/s1. The first-order chi connectivity index (χ1) is 12.5. The van der Waals surface area contributed by atoms with Gasteiger partial charge in [0.1, 0.15) is 0 Å². The number of nitrogens with zero attached hydrogens (tertiary/aromatic N) is 2. The fraction of sp³-hybridized carbons (Fsp3) is 0.350. The molecule has 1 aliphatic rings. The Labute approximate surface area is 162 Å². The van der Waals surface area contributed by atoms with Crippen LogP contribution in [0.15, 0.2) is 47.6 Å². The number of amides is 1.